The molecule has 0 spiro atoms. The third-order valence-electron chi connectivity index (χ3n) is 2.21. The molecular formula is C12H8N2O4S. The van der Waals surface area contributed by atoms with E-state index in [4.69, 9.17) is 5.11 Å². The van der Waals surface area contributed by atoms with Crippen LogP contribution in [0.5, 0.6) is 0 Å². The molecule has 1 aromatic carbocycles. The summed E-state index contributed by atoms with van der Waals surface area (Å²) in [5.41, 5.74) is -0.428. The van der Waals surface area contributed by atoms with Crippen LogP contribution < -0.4 is 0 Å². The minimum atomic E-state index is -1.22. The topological polar surface area (TPSA) is 93.3 Å². The molecule has 0 unspecified atom stereocenters. The average Bonchev–Trinajstić information content (AvgIpc) is 2.39. The van der Waals surface area contributed by atoms with Gasteiger partial charge in [0, 0.05) is 11.0 Å². The van der Waals surface area contributed by atoms with Crippen molar-refractivity contribution < 1.29 is 14.8 Å². The highest BCUT2D eigenvalue weighted by Crippen LogP contribution is 2.33. The zero-order valence-corrected chi connectivity index (χ0v) is 10.3. The van der Waals surface area contributed by atoms with Gasteiger partial charge in [-0.05, 0) is 18.2 Å². The molecular weight excluding hydrogens is 268 g/mol. The van der Waals surface area contributed by atoms with E-state index in [0.29, 0.717) is 0 Å². The molecule has 0 aliphatic heterocycles. The van der Waals surface area contributed by atoms with E-state index in [2.05, 4.69) is 4.98 Å². The Morgan fingerprint density at radius 1 is 1.21 bits per heavy atom. The van der Waals surface area contributed by atoms with E-state index in [9.17, 15) is 14.9 Å². The number of hydrogen-bond acceptors (Lipinski definition) is 5. The number of aromatic carboxylic acids is 1. The van der Waals surface area contributed by atoms with Gasteiger partial charge in [0.2, 0.25) is 0 Å². The Morgan fingerprint density at radius 3 is 2.47 bits per heavy atom. The lowest BCUT2D eigenvalue weighted by atomic mass is 10.3. The van der Waals surface area contributed by atoms with Crippen LogP contribution in [0.25, 0.3) is 0 Å². The van der Waals surface area contributed by atoms with Crippen molar-refractivity contribution in [1.82, 2.24) is 4.98 Å². The third kappa shape index (κ3) is 3.08. The van der Waals surface area contributed by atoms with Crippen LogP contribution in [0.2, 0.25) is 0 Å². The van der Waals surface area contributed by atoms with Crippen molar-refractivity contribution in [2.24, 2.45) is 0 Å². The Morgan fingerprint density at radius 2 is 1.89 bits per heavy atom. The van der Waals surface area contributed by atoms with Gasteiger partial charge < -0.3 is 5.11 Å². The van der Waals surface area contributed by atoms with Gasteiger partial charge in [-0.2, -0.15) is 0 Å². The molecule has 2 rings (SSSR count). The van der Waals surface area contributed by atoms with Gasteiger partial charge in [-0.15, -0.1) is 0 Å². The molecule has 0 atom stereocenters. The van der Waals surface area contributed by atoms with Gasteiger partial charge in [-0.25, -0.2) is 9.78 Å². The van der Waals surface area contributed by atoms with Crippen LogP contribution in [0.4, 0.5) is 5.69 Å². The number of benzene rings is 1. The highest BCUT2D eigenvalue weighted by atomic mass is 32.2. The van der Waals surface area contributed by atoms with Gasteiger partial charge in [-0.1, -0.05) is 30.0 Å². The van der Waals surface area contributed by atoms with E-state index in [1.807, 2.05) is 6.07 Å². The van der Waals surface area contributed by atoms with Crippen molar-refractivity contribution in [1.29, 1.82) is 0 Å². The van der Waals surface area contributed by atoms with Crippen LogP contribution in [0.1, 0.15) is 10.5 Å². The summed E-state index contributed by atoms with van der Waals surface area (Å²) in [4.78, 5) is 25.7. The van der Waals surface area contributed by atoms with Crippen LogP contribution >= 0.6 is 11.8 Å². The molecule has 2 aromatic rings. The molecule has 0 amide bonds. The lowest BCUT2D eigenvalue weighted by molar-refractivity contribution is -0.388. The van der Waals surface area contributed by atoms with Crippen molar-refractivity contribution >= 4 is 23.4 Å². The van der Waals surface area contributed by atoms with Gasteiger partial charge in [-0.3, -0.25) is 10.1 Å². The van der Waals surface area contributed by atoms with Gasteiger partial charge in [0.25, 0.3) is 0 Å². The van der Waals surface area contributed by atoms with E-state index in [-0.39, 0.29) is 16.4 Å². The fourth-order valence-electron chi connectivity index (χ4n) is 1.37. The second kappa shape index (κ2) is 5.49. The molecule has 19 heavy (non-hydrogen) atoms. The van der Waals surface area contributed by atoms with Gasteiger partial charge in [0.15, 0.2) is 5.03 Å². The molecule has 0 aliphatic rings. The first kappa shape index (κ1) is 13.0. The zero-order chi connectivity index (χ0) is 13.8. The first-order valence-corrected chi connectivity index (χ1v) is 6.01. The Bertz CT molecular complexity index is 631. The molecule has 1 aromatic heterocycles. The number of nitrogens with zero attached hydrogens (tertiary/aromatic N) is 2. The second-order valence-corrected chi connectivity index (χ2v) is 4.56. The van der Waals surface area contributed by atoms with Gasteiger partial charge in [0.1, 0.15) is 5.69 Å². The van der Waals surface area contributed by atoms with Gasteiger partial charge in [0.05, 0.1) is 4.92 Å². The minimum absolute atomic E-state index is 0.0658. The summed E-state index contributed by atoms with van der Waals surface area (Å²) in [7, 11) is 0. The number of pyridine rings is 1. The fraction of sp³-hybridized carbons (Fsp3) is 0. The summed E-state index contributed by atoms with van der Waals surface area (Å²) in [6.45, 7) is 0. The van der Waals surface area contributed by atoms with Crippen LogP contribution in [0, 0.1) is 10.1 Å². The van der Waals surface area contributed by atoms with E-state index in [0.717, 1.165) is 28.8 Å². The number of carboxylic acid groups (broad SMARTS) is 1. The SMILES string of the molecule is O=C(O)c1ccc([N+](=O)[O-])c(Sc2ccccc2)n1. The average molecular weight is 276 g/mol. The number of rotatable bonds is 4. The predicted octanol–water partition coefficient (Wildman–Crippen LogP) is 2.84. The van der Waals surface area contributed by atoms with Crippen LogP contribution in [0.15, 0.2) is 52.4 Å². The van der Waals surface area contributed by atoms with Crippen LogP contribution in [-0.2, 0) is 0 Å². The Kier molecular flexibility index (Phi) is 3.76. The fourth-order valence-corrected chi connectivity index (χ4v) is 2.27. The van der Waals surface area contributed by atoms with Crippen molar-refractivity contribution in [2.75, 3.05) is 0 Å². The number of aromatic nitrogens is 1. The molecule has 96 valence electrons. The third-order valence-corrected chi connectivity index (χ3v) is 3.22. The largest absolute Gasteiger partial charge is 0.477 e. The van der Waals surface area contributed by atoms with Crippen LogP contribution in [-0.4, -0.2) is 21.0 Å². The van der Waals surface area contributed by atoms with Crippen molar-refractivity contribution in [2.45, 2.75) is 9.92 Å². The standard InChI is InChI=1S/C12H8N2O4S/c15-12(16)9-6-7-10(14(17)18)11(13-9)19-8-4-2-1-3-5-8/h1-7H,(H,15,16). The molecule has 0 aliphatic carbocycles. The summed E-state index contributed by atoms with van der Waals surface area (Å²) in [6, 6.07) is 11.2. The molecule has 7 heteroatoms. The lowest BCUT2D eigenvalue weighted by Gasteiger charge is -2.03. The molecule has 0 saturated heterocycles. The molecule has 0 fully saturated rings. The first-order chi connectivity index (χ1) is 9.08. The second-order valence-electron chi connectivity index (χ2n) is 3.50. The monoisotopic (exact) mass is 276 g/mol. The molecule has 1 heterocycles. The summed E-state index contributed by atoms with van der Waals surface area (Å²) in [5.74, 6) is -1.22. The maximum absolute atomic E-state index is 10.9. The first-order valence-electron chi connectivity index (χ1n) is 5.19. The van der Waals surface area contributed by atoms with Crippen molar-refractivity contribution in [3.63, 3.8) is 0 Å². The predicted molar refractivity (Wildman–Crippen MR) is 68.4 cm³/mol. The normalized spacial score (nSPS) is 10.1. The summed E-state index contributed by atoms with van der Waals surface area (Å²) >= 11 is 1.06. The lowest BCUT2D eigenvalue weighted by Crippen LogP contribution is -2.03. The molecule has 0 bridgehead atoms. The van der Waals surface area contributed by atoms with Gasteiger partial charge >= 0.3 is 11.7 Å². The molecule has 1 N–H and O–H groups in total. The van der Waals surface area contributed by atoms with E-state index in [1.54, 1.807) is 24.3 Å². The Balaban J connectivity index is 2.43. The molecule has 6 nitrogen and oxygen atoms in total. The number of nitro groups is 1. The highest BCUT2D eigenvalue weighted by molar-refractivity contribution is 7.99. The Hall–Kier alpha value is -2.41. The number of carbonyl (C=O) groups is 1. The number of hydrogen-bond donors (Lipinski definition) is 1. The van der Waals surface area contributed by atoms with Crippen molar-refractivity contribution in [3.8, 4) is 0 Å². The summed E-state index contributed by atoms with van der Waals surface area (Å²) < 4.78 is 0. The zero-order valence-electron chi connectivity index (χ0n) is 9.52. The maximum Gasteiger partial charge on any atom is 0.354 e. The number of carboxylic acids is 1. The van der Waals surface area contributed by atoms with E-state index < -0.39 is 10.9 Å². The summed E-state index contributed by atoms with van der Waals surface area (Å²) in [5, 5.41) is 19.8. The van der Waals surface area contributed by atoms with E-state index in [1.165, 1.54) is 0 Å². The van der Waals surface area contributed by atoms with Crippen LogP contribution in [0.3, 0.4) is 0 Å². The summed E-state index contributed by atoms with van der Waals surface area (Å²) in [6.07, 6.45) is 0. The quantitative estimate of drug-likeness (QED) is 0.681. The highest BCUT2D eigenvalue weighted by Gasteiger charge is 2.19. The minimum Gasteiger partial charge on any atom is -0.477 e. The molecule has 0 radical (unpaired) electrons. The Labute approximate surface area is 112 Å². The smallest absolute Gasteiger partial charge is 0.354 e. The molecule has 0 saturated carbocycles. The van der Waals surface area contributed by atoms with E-state index >= 15 is 0 Å². The van der Waals surface area contributed by atoms with Crippen molar-refractivity contribution in [3.05, 3.63) is 58.3 Å². The maximum atomic E-state index is 10.9.